The minimum Gasteiger partial charge on any atom is -0.497 e. The quantitative estimate of drug-likeness (QED) is 0.614. The maximum atomic E-state index is 11.7. The number of hydrogen-bond donors (Lipinski definition) is 2. The number of nitrogens with one attached hydrogen (secondary N) is 1. The summed E-state index contributed by atoms with van der Waals surface area (Å²) in [6, 6.07) is 12.7. The van der Waals surface area contributed by atoms with E-state index < -0.39 is 15.9 Å². The van der Waals surface area contributed by atoms with Crippen LogP contribution in [0.2, 0.25) is 0 Å². The smallest absolute Gasteiger partial charge is 0.175 e. The van der Waals surface area contributed by atoms with Crippen LogP contribution in [-0.4, -0.2) is 51.7 Å². The predicted molar refractivity (Wildman–Crippen MR) is 115 cm³/mol. The number of ether oxygens (including phenoxy) is 2. The van der Waals surface area contributed by atoms with Crippen molar-refractivity contribution in [2.24, 2.45) is 0 Å². The zero-order valence-electron chi connectivity index (χ0n) is 17.7. The number of aliphatic hydroxyl groups excluding tert-OH is 1. The summed E-state index contributed by atoms with van der Waals surface area (Å²) in [5.74, 6) is 1.36. The van der Waals surface area contributed by atoms with Crippen LogP contribution in [0.15, 0.2) is 47.4 Å². The van der Waals surface area contributed by atoms with Gasteiger partial charge in [-0.3, -0.25) is 0 Å². The highest BCUT2D eigenvalue weighted by Gasteiger charge is 2.20. The predicted octanol–water partition coefficient (Wildman–Crippen LogP) is 2.76. The molecule has 1 atom stereocenters. The van der Waals surface area contributed by atoms with E-state index in [0.717, 1.165) is 12.2 Å². The first-order valence-electron chi connectivity index (χ1n) is 9.50. The third kappa shape index (κ3) is 7.34. The van der Waals surface area contributed by atoms with Crippen LogP contribution >= 0.6 is 0 Å². The van der Waals surface area contributed by atoms with Gasteiger partial charge in [-0.25, -0.2) is 8.42 Å². The number of rotatable bonds is 10. The van der Waals surface area contributed by atoms with Crippen LogP contribution in [0.5, 0.6) is 11.5 Å². The summed E-state index contributed by atoms with van der Waals surface area (Å²) in [6.07, 6.45) is 1.29. The Kier molecular flexibility index (Phi) is 7.68. The number of methoxy groups -OCH3 is 1. The lowest BCUT2D eigenvalue weighted by molar-refractivity contribution is 0.0988. The van der Waals surface area contributed by atoms with Gasteiger partial charge < -0.3 is 19.9 Å². The second-order valence-electron chi connectivity index (χ2n) is 7.95. The summed E-state index contributed by atoms with van der Waals surface area (Å²) >= 11 is 0. The van der Waals surface area contributed by atoms with Gasteiger partial charge in [-0.1, -0.05) is 12.1 Å². The number of β-amino-alcohol motifs (C(OH)–C–C–N with tert-alkyl or cyclic N) is 1. The summed E-state index contributed by atoms with van der Waals surface area (Å²) in [5, 5.41) is 13.6. The highest BCUT2D eigenvalue weighted by molar-refractivity contribution is 7.90. The van der Waals surface area contributed by atoms with Gasteiger partial charge in [0.1, 0.15) is 24.2 Å². The van der Waals surface area contributed by atoms with Crippen molar-refractivity contribution in [1.29, 1.82) is 0 Å². The van der Waals surface area contributed by atoms with E-state index in [1.807, 2.05) is 24.3 Å². The minimum atomic E-state index is -3.26. The Hall–Kier alpha value is -2.09. The van der Waals surface area contributed by atoms with Gasteiger partial charge in [-0.2, -0.15) is 0 Å². The molecule has 2 N–H and O–H groups in total. The number of hydrogen-bond acceptors (Lipinski definition) is 6. The highest BCUT2D eigenvalue weighted by atomic mass is 32.2. The van der Waals surface area contributed by atoms with Crippen LogP contribution in [0.25, 0.3) is 0 Å². The number of benzene rings is 2. The van der Waals surface area contributed by atoms with Gasteiger partial charge in [0.2, 0.25) is 0 Å². The second-order valence-corrected chi connectivity index (χ2v) is 9.94. The van der Waals surface area contributed by atoms with Gasteiger partial charge in [0.25, 0.3) is 0 Å². The Labute approximate surface area is 173 Å². The first-order valence-corrected chi connectivity index (χ1v) is 11.4. The summed E-state index contributed by atoms with van der Waals surface area (Å²) in [5.41, 5.74) is 1.59. The molecule has 6 nitrogen and oxygen atoms in total. The SMILES string of the molecule is COc1ccc(CC(C)(C)NCC(O)COc2ccc(S(C)(=O)=O)c(C)c2)cc1. The molecule has 7 heteroatoms. The molecule has 160 valence electrons. The monoisotopic (exact) mass is 421 g/mol. The molecule has 0 bridgehead atoms. The maximum Gasteiger partial charge on any atom is 0.175 e. The van der Waals surface area contributed by atoms with E-state index in [4.69, 9.17) is 9.47 Å². The third-order valence-corrected chi connectivity index (χ3v) is 5.87. The average Bonchev–Trinajstić information content (AvgIpc) is 2.64. The molecule has 2 aromatic rings. The third-order valence-electron chi connectivity index (χ3n) is 4.61. The fourth-order valence-electron chi connectivity index (χ4n) is 3.09. The summed E-state index contributed by atoms with van der Waals surface area (Å²) < 4.78 is 34.2. The normalized spacial score (nSPS) is 13.2. The first kappa shape index (κ1) is 23.2. The van der Waals surface area contributed by atoms with Gasteiger partial charge in [0, 0.05) is 18.3 Å². The molecule has 29 heavy (non-hydrogen) atoms. The van der Waals surface area contributed by atoms with Crippen LogP contribution in [0, 0.1) is 6.92 Å². The van der Waals surface area contributed by atoms with E-state index in [1.165, 1.54) is 17.9 Å². The van der Waals surface area contributed by atoms with Gasteiger partial charge in [-0.05, 0) is 68.7 Å². The Morgan fingerprint density at radius 2 is 1.72 bits per heavy atom. The molecule has 0 fully saturated rings. The Morgan fingerprint density at radius 3 is 2.28 bits per heavy atom. The molecule has 0 spiro atoms. The molecule has 0 saturated carbocycles. The van der Waals surface area contributed by atoms with E-state index in [9.17, 15) is 13.5 Å². The lowest BCUT2D eigenvalue weighted by Gasteiger charge is -2.28. The van der Waals surface area contributed by atoms with E-state index in [-0.39, 0.29) is 17.0 Å². The molecule has 0 aromatic heterocycles. The molecule has 0 aliphatic rings. The van der Waals surface area contributed by atoms with Crippen molar-refractivity contribution in [1.82, 2.24) is 5.32 Å². The van der Waals surface area contributed by atoms with Gasteiger partial charge >= 0.3 is 0 Å². The molecule has 0 aliphatic heterocycles. The molecule has 0 amide bonds. The molecular weight excluding hydrogens is 390 g/mol. The van der Waals surface area contributed by atoms with Crippen LogP contribution in [0.1, 0.15) is 25.0 Å². The molecule has 2 rings (SSSR count). The summed E-state index contributed by atoms with van der Waals surface area (Å²) in [6.45, 7) is 6.38. The fourth-order valence-corrected chi connectivity index (χ4v) is 4.05. The second kappa shape index (κ2) is 9.61. The molecule has 0 heterocycles. The zero-order valence-corrected chi connectivity index (χ0v) is 18.5. The zero-order chi connectivity index (χ0) is 21.7. The van der Waals surface area contributed by atoms with Crippen LogP contribution < -0.4 is 14.8 Å². The van der Waals surface area contributed by atoms with Crippen molar-refractivity contribution in [2.75, 3.05) is 26.5 Å². The Morgan fingerprint density at radius 1 is 1.10 bits per heavy atom. The number of aryl methyl sites for hydroxylation is 1. The van der Waals surface area contributed by atoms with E-state index in [0.29, 0.717) is 17.9 Å². The summed E-state index contributed by atoms with van der Waals surface area (Å²) in [7, 11) is -1.61. The fraction of sp³-hybridized carbons (Fsp3) is 0.455. The van der Waals surface area contributed by atoms with Crippen LogP contribution in [-0.2, 0) is 16.3 Å². The lowest BCUT2D eigenvalue weighted by Crippen LogP contribution is -2.46. The van der Waals surface area contributed by atoms with Gasteiger partial charge in [0.05, 0.1) is 12.0 Å². The average molecular weight is 422 g/mol. The van der Waals surface area contributed by atoms with Gasteiger partial charge in [0.15, 0.2) is 9.84 Å². The Bertz CT molecular complexity index is 907. The van der Waals surface area contributed by atoms with Crippen molar-refractivity contribution in [3.63, 3.8) is 0 Å². The van der Waals surface area contributed by atoms with Crippen LogP contribution in [0.3, 0.4) is 0 Å². The van der Waals surface area contributed by atoms with E-state index in [1.54, 1.807) is 26.2 Å². The van der Waals surface area contributed by atoms with E-state index >= 15 is 0 Å². The van der Waals surface area contributed by atoms with Crippen molar-refractivity contribution in [2.45, 2.75) is 43.7 Å². The molecule has 0 aliphatic carbocycles. The van der Waals surface area contributed by atoms with Gasteiger partial charge in [-0.15, -0.1) is 0 Å². The minimum absolute atomic E-state index is 0.114. The molecule has 2 aromatic carbocycles. The Balaban J connectivity index is 1.84. The van der Waals surface area contributed by atoms with Crippen molar-refractivity contribution >= 4 is 9.84 Å². The van der Waals surface area contributed by atoms with Crippen molar-refractivity contribution in [3.05, 3.63) is 53.6 Å². The van der Waals surface area contributed by atoms with Crippen molar-refractivity contribution < 1.29 is 23.0 Å². The molecule has 1 unspecified atom stereocenters. The number of sulfone groups is 1. The topological polar surface area (TPSA) is 84.9 Å². The molecule has 0 radical (unpaired) electrons. The number of aliphatic hydroxyl groups is 1. The standard InChI is InChI=1S/C22H31NO5S/c1-16-12-20(10-11-21(16)29(5,25)26)28-15-18(24)14-23-22(2,3)13-17-6-8-19(27-4)9-7-17/h6-12,18,23-24H,13-15H2,1-5H3. The summed E-state index contributed by atoms with van der Waals surface area (Å²) in [4.78, 5) is 0.285. The van der Waals surface area contributed by atoms with Crippen molar-refractivity contribution in [3.8, 4) is 11.5 Å². The maximum absolute atomic E-state index is 11.7. The highest BCUT2D eigenvalue weighted by Crippen LogP contribution is 2.21. The molecule has 0 saturated heterocycles. The lowest BCUT2D eigenvalue weighted by atomic mass is 9.94. The molecular formula is C22H31NO5S. The van der Waals surface area contributed by atoms with E-state index in [2.05, 4.69) is 19.2 Å². The first-order chi connectivity index (χ1) is 13.5. The van der Waals surface area contributed by atoms with Crippen LogP contribution in [0.4, 0.5) is 0 Å². The largest absolute Gasteiger partial charge is 0.497 e.